The van der Waals surface area contributed by atoms with Gasteiger partial charge < -0.3 is 20.1 Å². The van der Waals surface area contributed by atoms with Gasteiger partial charge in [-0.2, -0.15) is 0 Å². The molecular weight excluding hydrogens is 307 g/mol. The van der Waals surface area contributed by atoms with Crippen molar-refractivity contribution in [3.63, 3.8) is 0 Å². The summed E-state index contributed by atoms with van der Waals surface area (Å²) >= 11 is 11.6. The second-order valence-electron chi connectivity index (χ2n) is 3.72. The Bertz CT molecular complexity index is 472. The summed E-state index contributed by atoms with van der Waals surface area (Å²) in [5, 5.41) is 5.46. The summed E-state index contributed by atoms with van der Waals surface area (Å²) in [6, 6.07) is 4.47. The van der Waals surface area contributed by atoms with E-state index in [4.69, 9.17) is 32.7 Å². The Balaban J connectivity index is 2.55. The van der Waals surface area contributed by atoms with Gasteiger partial charge in [0.15, 0.2) is 6.29 Å². The van der Waals surface area contributed by atoms with Crippen molar-refractivity contribution < 1.29 is 19.1 Å². The second kappa shape index (κ2) is 8.06. The van der Waals surface area contributed by atoms with Gasteiger partial charge in [-0.1, -0.05) is 23.2 Å². The van der Waals surface area contributed by atoms with Crippen LogP contribution in [-0.4, -0.2) is 38.9 Å². The molecule has 110 valence electrons. The largest absolute Gasteiger partial charge is 0.354 e. The number of benzene rings is 1. The van der Waals surface area contributed by atoms with Gasteiger partial charge in [-0.25, -0.2) is 0 Å². The molecule has 0 aliphatic rings. The molecule has 0 atom stereocenters. The lowest BCUT2D eigenvalue weighted by molar-refractivity contribution is -0.139. The molecule has 8 heteroatoms. The number of rotatable bonds is 5. The smallest absolute Gasteiger partial charge is 0.313 e. The van der Waals surface area contributed by atoms with Crippen LogP contribution in [0.1, 0.15) is 0 Å². The van der Waals surface area contributed by atoms with Gasteiger partial charge in [0.2, 0.25) is 0 Å². The van der Waals surface area contributed by atoms with E-state index in [2.05, 4.69) is 10.6 Å². The molecule has 0 saturated carbocycles. The van der Waals surface area contributed by atoms with Gasteiger partial charge in [-0.15, -0.1) is 0 Å². The van der Waals surface area contributed by atoms with Crippen LogP contribution in [0.3, 0.4) is 0 Å². The summed E-state index contributed by atoms with van der Waals surface area (Å²) in [6.07, 6.45) is -0.618. The molecule has 0 saturated heterocycles. The highest BCUT2D eigenvalue weighted by atomic mass is 35.5. The van der Waals surface area contributed by atoms with Crippen molar-refractivity contribution in [3.05, 3.63) is 28.2 Å². The van der Waals surface area contributed by atoms with Crippen molar-refractivity contribution in [2.45, 2.75) is 6.29 Å². The molecular formula is C12H14Cl2N2O4. The van der Waals surface area contributed by atoms with E-state index in [-0.39, 0.29) is 6.54 Å². The predicted octanol–water partition coefficient (Wildman–Crippen LogP) is 1.67. The molecule has 0 radical (unpaired) electrons. The molecule has 1 rings (SSSR count). The molecule has 0 bridgehead atoms. The maximum absolute atomic E-state index is 11.6. The lowest BCUT2D eigenvalue weighted by atomic mass is 10.3. The van der Waals surface area contributed by atoms with E-state index in [1.807, 2.05) is 0 Å². The summed E-state index contributed by atoms with van der Waals surface area (Å²) in [5.41, 5.74) is 0.331. The van der Waals surface area contributed by atoms with E-state index in [1.54, 1.807) is 0 Å². The van der Waals surface area contributed by atoms with Crippen molar-refractivity contribution >= 4 is 40.7 Å². The zero-order valence-corrected chi connectivity index (χ0v) is 12.4. The number of amides is 2. The number of ether oxygens (including phenoxy) is 2. The third kappa shape index (κ3) is 5.34. The average Bonchev–Trinajstić information content (AvgIpc) is 2.38. The molecule has 0 heterocycles. The molecule has 2 N–H and O–H groups in total. The SMILES string of the molecule is COC(CNC(=O)C(=O)Nc1cc(Cl)cc(Cl)c1)OC. The van der Waals surface area contributed by atoms with Crippen molar-refractivity contribution in [1.29, 1.82) is 0 Å². The first-order valence-corrected chi connectivity index (χ1v) is 6.32. The van der Waals surface area contributed by atoms with E-state index >= 15 is 0 Å². The van der Waals surface area contributed by atoms with Crippen LogP contribution in [0.4, 0.5) is 5.69 Å². The first-order valence-electron chi connectivity index (χ1n) is 5.57. The topological polar surface area (TPSA) is 76.7 Å². The van der Waals surface area contributed by atoms with E-state index in [1.165, 1.54) is 32.4 Å². The highest BCUT2D eigenvalue weighted by Gasteiger charge is 2.16. The Morgan fingerprint density at radius 2 is 1.65 bits per heavy atom. The van der Waals surface area contributed by atoms with Gasteiger partial charge in [0.25, 0.3) is 0 Å². The van der Waals surface area contributed by atoms with Crippen molar-refractivity contribution in [1.82, 2.24) is 5.32 Å². The number of carbonyl (C=O) groups is 2. The van der Waals surface area contributed by atoms with Crippen LogP contribution in [0, 0.1) is 0 Å². The highest BCUT2D eigenvalue weighted by molar-refractivity contribution is 6.40. The van der Waals surface area contributed by atoms with E-state index in [0.29, 0.717) is 15.7 Å². The van der Waals surface area contributed by atoms with Gasteiger partial charge in [-0.3, -0.25) is 9.59 Å². The number of halogens is 2. The predicted molar refractivity (Wildman–Crippen MR) is 75.9 cm³/mol. The number of hydrogen-bond acceptors (Lipinski definition) is 4. The fourth-order valence-corrected chi connectivity index (χ4v) is 1.86. The minimum Gasteiger partial charge on any atom is -0.354 e. The molecule has 0 fully saturated rings. The third-order valence-electron chi connectivity index (χ3n) is 2.28. The van der Waals surface area contributed by atoms with Gasteiger partial charge >= 0.3 is 11.8 Å². The Morgan fingerprint density at radius 1 is 1.10 bits per heavy atom. The van der Waals surface area contributed by atoms with Crippen LogP contribution in [0.15, 0.2) is 18.2 Å². The van der Waals surface area contributed by atoms with Crippen molar-refractivity contribution in [2.24, 2.45) is 0 Å². The number of hydrogen-bond donors (Lipinski definition) is 2. The Morgan fingerprint density at radius 3 is 2.15 bits per heavy atom. The zero-order valence-electron chi connectivity index (χ0n) is 10.9. The Labute approximate surface area is 126 Å². The monoisotopic (exact) mass is 320 g/mol. The molecule has 0 aliphatic carbocycles. The van der Waals surface area contributed by atoms with Gasteiger partial charge in [0.05, 0.1) is 6.54 Å². The van der Waals surface area contributed by atoms with Crippen LogP contribution in [0.2, 0.25) is 10.0 Å². The Kier molecular flexibility index (Phi) is 6.74. The maximum atomic E-state index is 11.6. The summed E-state index contributed by atoms with van der Waals surface area (Å²) in [6.45, 7) is 0.0511. The van der Waals surface area contributed by atoms with Crippen LogP contribution >= 0.6 is 23.2 Å². The molecule has 0 unspecified atom stereocenters. The minimum absolute atomic E-state index is 0.0511. The normalized spacial score (nSPS) is 10.4. The lowest BCUT2D eigenvalue weighted by Crippen LogP contribution is -2.40. The second-order valence-corrected chi connectivity index (χ2v) is 4.60. The summed E-state index contributed by atoms with van der Waals surface area (Å²) in [7, 11) is 2.85. The van der Waals surface area contributed by atoms with Crippen LogP contribution in [-0.2, 0) is 19.1 Å². The van der Waals surface area contributed by atoms with Gasteiger partial charge in [-0.05, 0) is 18.2 Å². The quantitative estimate of drug-likeness (QED) is 0.639. The van der Waals surface area contributed by atoms with Crippen LogP contribution in [0.5, 0.6) is 0 Å². The van der Waals surface area contributed by atoms with E-state index < -0.39 is 18.1 Å². The Hall–Kier alpha value is -1.34. The average molecular weight is 321 g/mol. The van der Waals surface area contributed by atoms with Crippen molar-refractivity contribution in [3.8, 4) is 0 Å². The minimum atomic E-state index is -0.839. The zero-order chi connectivity index (χ0) is 15.1. The molecule has 6 nitrogen and oxygen atoms in total. The fourth-order valence-electron chi connectivity index (χ4n) is 1.33. The summed E-state index contributed by atoms with van der Waals surface area (Å²) in [5.74, 6) is -1.66. The number of methoxy groups -OCH3 is 2. The van der Waals surface area contributed by atoms with Gasteiger partial charge in [0, 0.05) is 30.0 Å². The molecule has 0 spiro atoms. The first kappa shape index (κ1) is 16.7. The van der Waals surface area contributed by atoms with E-state index in [0.717, 1.165) is 0 Å². The van der Waals surface area contributed by atoms with Gasteiger partial charge in [0.1, 0.15) is 0 Å². The fraction of sp³-hybridized carbons (Fsp3) is 0.333. The molecule has 20 heavy (non-hydrogen) atoms. The maximum Gasteiger partial charge on any atom is 0.313 e. The molecule has 2 amide bonds. The highest BCUT2D eigenvalue weighted by Crippen LogP contribution is 2.22. The summed E-state index contributed by atoms with van der Waals surface area (Å²) in [4.78, 5) is 23.2. The molecule has 0 aliphatic heterocycles. The lowest BCUT2D eigenvalue weighted by Gasteiger charge is -2.13. The molecule has 0 aromatic heterocycles. The van der Waals surface area contributed by atoms with Crippen LogP contribution < -0.4 is 10.6 Å². The molecule has 1 aromatic carbocycles. The first-order chi connectivity index (χ1) is 9.46. The molecule has 1 aromatic rings. The third-order valence-corrected chi connectivity index (χ3v) is 2.72. The van der Waals surface area contributed by atoms with Crippen molar-refractivity contribution in [2.75, 3.05) is 26.1 Å². The van der Waals surface area contributed by atoms with Crippen LogP contribution in [0.25, 0.3) is 0 Å². The number of anilines is 1. The van der Waals surface area contributed by atoms with E-state index in [9.17, 15) is 9.59 Å². The standard InChI is InChI=1S/C12H14Cl2N2O4/c1-19-10(20-2)6-15-11(17)12(18)16-9-4-7(13)3-8(14)5-9/h3-5,10H,6H2,1-2H3,(H,15,17)(H,16,18). The number of nitrogens with one attached hydrogen (secondary N) is 2. The summed E-state index contributed by atoms with van der Waals surface area (Å²) < 4.78 is 9.75. The number of carbonyl (C=O) groups excluding carboxylic acids is 2.